The molecule has 0 N–H and O–H groups in total. The van der Waals surface area contributed by atoms with E-state index in [0.29, 0.717) is 11.8 Å². The second-order valence-electron chi connectivity index (χ2n) is 10.0. The van der Waals surface area contributed by atoms with E-state index in [9.17, 15) is 0 Å². The van der Waals surface area contributed by atoms with E-state index in [1.54, 1.807) is 25.6 Å². The Morgan fingerprint density at radius 2 is 1.11 bits per heavy atom. The second kappa shape index (κ2) is 16.8. The first-order valence-electron chi connectivity index (χ1n) is 12.4. The number of hydrogen-bond donors (Lipinski definition) is 0. The Hall–Kier alpha value is 0.846. The monoisotopic (exact) mass is 722 g/mol. The molecule has 0 aliphatic heterocycles. The molecule has 4 aliphatic carbocycles. The molecule has 0 nitrogen and oxygen atoms in total. The van der Waals surface area contributed by atoms with Crippen LogP contribution < -0.4 is 24.8 Å². The SMILES string of the molecule is CC1=C(C)C(C)C(C2=C(C)C(C)=C(C)C2C)=C1C.[CH3][Zr+2]([CH3])[C]1=CC=CC1.[Cl-].[Cl-].[Cl][Zr]([Cl])[C]1=CC=CC1. The van der Waals surface area contributed by atoms with Crippen LogP contribution in [0.1, 0.15) is 68.2 Å². The Balaban J connectivity index is 0.000000569. The van der Waals surface area contributed by atoms with Gasteiger partial charge in [-0.05, 0) is 75.0 Å². The van der Waals surface area contributed by atoms with Gasteiger partial charge in [0.15, 0.2) is 0 Å². The molecule has 4 aliphatic rings. The summed E-state index contributed by atoms with van der Waals surface area (Å²) in [5.74, 6) is 1.19. The standard InChI is InChI=1S/C18H26.2C5H5.2CH3.4ClH.2Zr/c1-9-10(2)14(6)17(13(9)5)18-15(7)11(3)12(4)16(18)8;2*1-2-4-5-3-1;;;;;;;;/h13,15H,1-8H3;2*1-3H,4H2;2*1H3;4*1H;;/q;;;;;;;;;2*+2/p-4. The molecule has 36 heavy (non-hydrogen) atoms. The van der Waals surface area contributed by atoms with E-state index in [2.05, 4.69) is 89.0 Å². The van der Waals surface area contributed by atoms with Gasteiger partial charge < -0.3 is 24.8 Å². The van der Waals surface area contributed by atoms with E-state index < -0.39 is 41.1 Å². The van der Waals surface area contributed by atoms with Crippen LogP contribution in [0.3, 0.4) is 0 Å². The first kappa shape index (κ1) is 36.8. The van der Waals surface area contributed by atoms with Gasteiger partial charge in [-0.25, -0.2) is 0 Å². The molecule has 6 heteroatoms. The molecule has 0 saturated heterocycles. The van der Waals surface area contributed by atoms with Crippen molar-refractivity contribution >= 4 is 17.0 Å². The fourth-order valence-corrected chi connectivity index (χ4v) is 10.2. The quantitative estimate of drug-likeness (QED) is 0.389. The van der Waals surface area contributed by atoms with E-state index in [4.69, 9.17) is 17.0 Å². The van der Waals surface area contributed by atoms with Gasteiger partial charge in [-0.2, -0.15) is 0 Å². The van der Waals surface area contributed by atoms with Crippen molar-refractivity contribution < 1.29 is 65.9 Å². The molecule has 198 valence electrons. The molecule has 0 aromatic rings. The molecule has 0 bridgehead atoms. The van der Waals surface area contributed by atoms with Crippen LogP contribution in [-0.2, 0) is 41.1 Å². The zero-order chi connectivity index (χ0) is 25.7. The summed E-state index contributed by atoms with van der Waals surface area (Å²) >= 11 is -2.87. The number of allylic oxidation sites excluding steroid dienone is 16. The van der Waals surface area contributed by atoms with Gasteiger partial charge in [-0.1, -0.05) is 25.0 Å². The minimum atomic E-state index is -1.96. The molecular formula is C30H42Cl4Zr2. The van der Waals surface area contributed by atoms with Gasteiger partial charge in [-0.15, -0.1) is 0 Å². The molecule has 0 aromatic carbocycles. The molecule has 0 aromatic heterocycles. The predicted molar refractivity (Wildman–Crippen MR) is 148 cm³/mol. The summed E-state index contributed by atoms with van der Waals surface area (Å²) in [6.07, 6.45) is 15.1. The van der Waals surface area contributed by atoms with Crippen LogP contribution in [0.15, 0.2) is 87.6 Å². The normalized spacial score (nSPS) is 22.0. The zero-order valence-electron chi connectivity index (χ0n) is 23.5. The predicted octanol–water partition coefficient (Wildman–Crippen LogP) is 4.90. The molecule has 0 spiro atoms. The van der Waals surface area contributed by atoms with Crippen molar-refractivity contribution in [2.75, 3.05) is 0 Å². The van der Waals surface area contributed by atoms with Gasteiger partial charge >= 0.3 is 123 Å². The van der Waals surface area contributed by atoms with Crippen molar-refractivity contribution in [2.45, 2.75) is 77.5 Å². The Kier molecular flexibility index (Phi) is 17.2. The van der Waals surface area contributed by atoms with Crippen LogP contribution >= 0.6 is 17.0 Å². The molecule has 0 amide bonds. The van der Waals surface area contributed by atoms with Gasteiger partial charge in [0.25, 0.3) is 0 Å². The maximum absolute atomic E-state index is 5.74. The van der Waals surface area contributed by atoms with E-state index in [1.807, 2.05) is 12.2 Å². The summed E-state index contributed by atoms with van der Waals surface area (Å²) < 4.78 is 7.91. The molecule has 4 rings (SSSR count). The van der Waals surface area contributed by atoms with Gasteiger partial charge in [0.05, 0.1) is 0 Å². The molecule has 0 radical (unpaired) electrons. The van der Waals surface area contributed by atoms with E-state index >= 15 is 0 Å². The summed E-state index contributed by atoms with van der Waals surface area (Å²) in [4.78, 5) is 0. The van der Waals surface area contributed by atoms with Crippen LogP contribution in [0.4, 0.5) is 0 Å². The minimum absolute atomic E-state index is 0. The third-order valence-electron chi connectivity index (χ3n) is 8.00. The van der Waals surface area contributed by atoms with Crippen LogP contribution in [0.25, 0.3) is 0 Å². The fourth-order valence-electron chi connectivity index (χ4n) is 5.00. The summed E-state index contributed by atoms with van der Waals surface area (Å²) in [5, 5.41) is 0. The number of hydrogen-bond acceptors (Lipinski definition) is 0. The van der Waals surface area contributed by atoms with Gasteiger partial charge in [0.2, 0.25) is 0 Å². The summed E-state index contributed by atoms with van der Waals surface area (Å²) in [5.41, 5.74) is 12.4. The van der Waals surface area contributed by atoms with Crippen LogP contribution in [0.5, 0.6) is 0 Å². The number of rotatable bonds is 3. The third-order valence-corrected chi connectivity index (χ3v) is 17.0. The summed E-state index contributed by atoms with van der Waals surface area (Å²) in [6, 6.07) is 0. The molecule has 2 atom stereocenters. The first-order chi connectivity index (χ1) is 15.9. The van der Waals surface area contributed by atoms with Crippen molar-refractivity contribution in [1.29, 1.82) is 0 Å². The summed E-state index contributed by atoms with van der Waals surface area (Å²) in [6.45, 7) is 18.5. The Labute approximate surface area is 257 Å². The van der Waals surface area contributed by atoms with Crippen molar-refractivity contribution in [1.82, 2.24) is 0 Å². The summed E-state index contributed by atoms with van der Waals surface area (Å²) in [7, 11) is 11.5. The Morgan fingerprint density at radius 1 is 0.694 bits per heavy atom. The van der Waals surface area contributed by atoms with E-state index in [0.717, 1.165) is 6.42 Å². The average molecular weight is 727 g/mol. The van der Waals surface area contributed by atoms with Gasteiger partial charge in [0.1, 0.15) is 0 Å². The van der Waals surface area contributed by atoms with Crippen molar-refractivity contribution in [3.05, 3.63) is 87.6 Å². The molecule has 2 unspecified atom stereocenters. The first-order valence-corrected chi connectivity index (χ1v) is 26.1. The topological polar surface area (TPSA) is 0 Å². The van der Waals surface area contributed by atoms with Crippen molar-refractivity contribution in [2.24, 2.45) is 11.8 Å². The number of halogens is 4. The molecular weight excluding hydrogens is 685 g/mol. The van der Waals surface area contributed by atoms with Crippen LogP contribution in [-0.4, -0.2) is 0 Å². The van der Waals surface area contributed by atoms with Crippen molar-refractivity contribution in [3.8, 4) is 0 Å². The second-order valence-corrected chi connectivity index (χ2v) is 25.0. The average Bonchev–Trinajstić information content (AvgIpc) is 3.58. The Morgan fingerprint density at radius 3 is 1.31 bits per heavy atom. The molecule has 0 fully saturated rings. The van der Waals surface area contributed by atoms with Gasteiger partial charge in [0, 0.05) is 11.8 Å². The molecule has 0 heterocycles. The van der Waals surface area contributed by atoms with E-state index in [-0.39, 0.29) is 24.8 Å². The third kappa shape index (κ3) is 8.93. The Bertz CT molecular complexity index is 963. The maximum atomic E-state index is 5.74. The fraction of sp³-hybridized carbons (Fsp3) is 0.467. The van der Waals surface area contributed by atoms with Gasteiger partial charge in [-0.3, -0.25) is 0 Å². The molecule has 0 saturated carbocycles. The zero-order valence-corrected chi connectivity index (χ0v) is 31.5. The van der Waals surface area contributed by atoms with Crippen LogP contribution in [0.2, 0.25) is 9.26 Å². The van der Waals surface area contributed by atoms with E-state index in [1.165, 1.54) is 32.0 Å². The van der Waals surface area contributed by atoms with Crippen molar-refractivity contribution in [3.63, 3.8) is 0 Å². The van der Waals surface area contributed by atoms with Crippen LogP contribution in [0, 0.1) is 11.8 Å².